The largest absolute Gasteiger partial charge is 0.432 e. The van der Waals surface area contributed by atoms with Crippen LogP contribution >= 0.6 is 0 Å². The summed E-state index contributed by atoms with van der Waals surface area (Å²) in [5.41, 5.74) is 0.933. The molecule has 0 aromatic heterocycles. The summed E-state index contributed by atoms with van der Waals surface area (Å²) in [6, 6.07) is 4.54. The summed E-state index contributed by atoms with van der Waals surface area (Å²) in [7, 11) is 0. The molecule has 4 rings (SSSR count). The fourth-order valence-electron chi connectivity index (χ4n) is 7.10. The molecule has 3 fully saturated rings. The van der Waals surface area contributed by atoms with Gasteiger partial charge in [-0.3, -0.25) is 0 Å². The highest BCUT2D eigenvalue weighted by molar-refractivity contribution is 5.31. The predicted octanol–water partition coefficient (Wildman–Crippen LogP) is 8.89. The van der Waals surface area contributed by atoms with Gasteiger partial charge in [0, 0.05) is 0 Å². The van der Waals surface area contributed by atoms with Gasteiger partial charge in [-0.05, 0) is 131 Å². The lowest BCUT2D eigenvalue weighted by Gasteiger charge is -2.45. The molecular formula is C28H39F3O. The van der Waals surface area contributed by atoms with Crippen molar-refractivity contribution in [1.82, 2.24) is 0 Å². The average molecular weight is 449 g/mol. The number of hydrogen-bond acceptors (Lipinski definition) is 1. The molecule has 0 heterocycles. The van der Waals surface area contributed by atoms with Gasteiger partial charge in [-0.1, -0.05) is 24.6 Å². The molecule has 0 radical (unpaired) electrons. The normalized spacial score (nSPS) is 33.4. The van der Waals surface area contributed by atoms with Crippen molar-refractivity contribution < 1.29 is 17.9 Å². The zero-order chi connectivity index (χ0) is 22.5. The number of alkyl halides is 2. The molecule has 3 aliphatic rings. The molecular weight excluding hydrogens is 409 g/mol. The second-order valence-electron chi connectivity index (χ2n) is 10.6. The number of fused-ring (bicyclic) bond motifs is 1. The fourth-order valence-corrected chi connectivity index (χ4v) is 7.10. The Kier molecular flexibility index (Phi) is 8.23. The Labute approximate surface area is 191 Å². The standard InChI is InChI=1S/C28H39F3O/c1-2-3-4-5-19-6-7-24-17-23(13-12-22(24)16-19)20-8-10-21(11-9-20)25-14-15-27(26(29)18-25)32-28(30)31/h2-3,14-15,18-24,28H,4-13,16-17H2,1H3/b3-2+. The van der Waals surface area contributed by atoms with Gasteiger partial charge in [-0.2, -0.15) is 8.78 Å². The van der Waals surface area contributed by atoms with Crippen molar-refractivity contribution in [3.8, 4) is 5.75 Å². The minimum atomic E-state index is -2.99. The number of halogens is 3. The molecule has 4 atom stereocenters. The zero-order valence-electron chi connectivity index (χ0n) is 19.5. The number of hydrogen-bond donors (Lipinski definition) is 0. The van der Waals surface area contributed by atoms with Gasteiger partial charge in [-0.15, -0.1) is 0 Å². The molecule has 0 spiro atoms. The Hall–Kier alpha value is -1.45. The molecule has 1 nitrogen and oxygen atoms in total. The van der Waals surface area contributed by atoms with Gasteiger partial charge in [0.15, 0.2) is 11.6 Å². The van der Waals surface area contributed by atoms with Crippen LogP contribution in [-0.4, -0.2) is 6.61 Å². The van der Waals surface area contributed by atoms with Gasteiger partial charge in [0.2, 0.25) is 0 Å². The summed E-state index contributed by atoms with van der Waals surface area (Å²) < 4.78 is 43.1. The van der Waals surface area contributed by atoms with Gasteiger partial charge in [0.25, 0.3) is 0 Å². The molecule has 0 aliphatic heterocycles. The third kappa shape index (κ3) is 5.91. The van der Waals surface area contributed by atoms with Gasteiger partial charge >= 0.3 is 6.61 Å². The van der Waals surface area contributed by atoms with Gasteiger partial charge in [0.1, 0.15) is 0 Å². The van der Waals surface area contributed by atoms with Crippen molar-refractivity contribution in [3.63, 3.8) is 0 Å². The minimum Gasteiger partial charge on any atom is -0.432 e. The van der Waals surface area contributed by atoms with E-state index in [1.54, 1.807) is 6.07 Å². The number of ether oxygens (including phenoxy) is 1. The molecule has 1 aromatic rings. The van der Waals surface area contributed by atoms with Crippen LogP contribution < -0.4 is 4.74 Å². The van der Waals surface area contributed by atoms with Crippen molar-refractivity contribution in [2.45, 2.75) is 96.5 Å². The van der Waals surface area contributed by atoms with E-state index in [2.05, 4.69) is 23.8 Å². The molecule has 32 heavy (non-hydrogen) atoms. The van der Waals surface area contributed by atoms with E-state index in [9.17, 15) is 13.2 Å². The van der Waals surface area contributed by atoms with Crippen LogP contribution in [0.25, 0.3) is 0 Å². The van der Waals surface area contributed by atoms with Gasteiger partial charge < -0.3 is 4.74 Å². The summed E-state index contributed by atoms with van der Waals surface area (Å²) in [4.78, 5) is 0. The Morgan fingerprint density at radius 3 is 2.25 bits per heavy atom. The van der Waals surface area contributed by atoms with Crippen LogP contribution in [0.15, 0.2) is 30.4 Å². The topological polar surface area (TPSA) is 9.23 Å². The minimum absolute atomic E-state index is 0.338. The highest BCUT2D eigenvalue weighted by Gasteiger charge is 2.38. The van der Waals surface area contributed by atoms with E-state index in [0.717, 1.165) is 48.0 Å². The van der Waals surface area contributed by atoms with E-state index in [1.807, 2.05) is 0 Å². The van der Waals surface area contributed by atoms with Crippen LogP contribution in [0.2, 0.25) is 0 Å². The maximum absolute atomic E-state index is 14.1. The Morgan fingerprint density at radius 1 is 0.906 bits per heavy atom. The molecule has 1 aromatic carbocycles. The van der Waals surface area contributed by atoms with E-state index in [-0.39, 0.29) is 5.75 Å². The Morgan fingerprint density at radius 2 is 1.56 bits per heavy atom. The Balaban J connectivity index is 1.25. The summed E-state index contributed by atoms with van der Waals surface area (Å²) in [5, 5.41) is 0. The second-order valence-corrected chi connectivity index (χ2v) is 10.6. The average Bonchev–Trinajstić information content (AvgIpc) is 2.80. The van der Waals surface area contributed by atoms with Crippen LogP contribution in [0, 0.1) is 35.4 Å². The van der Waals surface area contributed by atoms with Crippen molar-refractivity contribution in [1.29, 1.82) is 0 Å². The number of benzene rings is 1. The first-order chi connectivity index (χ1) is 15.5. The highest BCUT2D eigenvalue weighted by atomic mass is 19.3. The maximum Gasteiger partial charge on any atom is 0.387 e. The number of allylic oxidation sites excluding steroid dienone is 2. The van der Waals surface area contributed by atoms with Crippen molar-refractivity contribution in [2.24, 2.45) is 29.6 Å². The first kappa shape index (κ1) is 23.7. The monoisotopic (exact) mass is 448 g/mol. The molecule has 4 unspecified atom stereocenters. The summed E-state index contributed by atoms with van der Waals surface area (Å²) in [6.45, 7) is -0.875. The van der Waals surface area contributed by atoms with E-state index >= 15 is 0 Å². The summed E-state index contributed by atoms with van der Waals surface area (Å²) in [5.74, 6) is 3.84. The molecule has 3 aliphatic carbocycles. The Bertz CT molecular complexity index is 753. The third-order valence-electron chi connectivity index (χ3n) is 8.82. The summed E-state index contributed by atoms with van der Waals surface area (Å²) >= 11 is 0. The maximum atomic E-state index is 14.1. The van der Waals surface area contributed by atoms with E-state index in [1.165, 1.54) is 76.3 Å². The number of rotatable bonds is 7. The van der Waals surface area contributed by atoms with Crippen LogP contribution in [0.5, 0.6) is 5.75 Å². The first-order valence-corrected chi connectivity index (χ1v) is 12.9. The highest BCUT2D eigenvalue weighted by Crippen LogP contribution is 2.50. The molecule has 0 bridgehead atoms. The quantitative estimate of drug-likeness (QED) is 0.378. The van der Waals surface area contributed by atoms with Crippen LogP contribution in [0.1, 0.15) is 95.5 Å². The second kappa shape index (κ2) is 11.1. The van der Waals surface area contributed by atoms with Gasteiger partial charge in [0.05, 0.1) is 0 Å². The van der Waals surface area contributed by atoms with Crippen LogP contribution in [0.3, 0.4) is 0 Å². The zero-order valence-corrected chi connectivity index (χ0v) is 19.5. The predicted molar refractivity (Wildman–Crippen MR) is 123 cm³/mol. The van der Waals surface area contributed by atoms with E-state index in [4.69, 9.17) is 0 Å². The molecule has 178 valence electrons. The smallest absolute Gasteiger partial charge is 0.387 e. The third-order valence-corrected chi connectivity index (χ3v) is 8.82. The molecule has 0 saturated heterocycles. The lowest BCUT2D eigenvalue weighted by molar-refractivity contribution is -0.0522. The first-order valence-electron chi connectivity index (χ1n) is 12.9. The fraction of sp³-hybridized carbons (Fsp3) is 0.714. The van der Waals surface area contributed by atoms with Crippen LogP contribution in [0.4, 0.5) is 13.2 Å². The SMILES string of the molecule is C/C=C/CCC1CCC2CC(C3CCC(c4ccc(OC(F)F)c(F)c4)CC3)CCC2C1. The lowest BCUT2D eigenvalue weighted by atomic mass is 9.60. The molecule has 4 heteroatoms. The van der Waals surface area contributed by atoms with E-state index < -0.39 is 12.4 Å². The summed E-state index contributed by atoms with van der Waals surface area (Å²) in [6.07, 6.45) is 20.3. The van der Waals surface area contributed by atoms with Crippen molar-refractivity contribution in [2.75, 3.05) is 0 Å². The molecule has 0 N–H and O–H groups in total. The molecule has 3 saturated carbocycles. The van der Waals surface area contributed by atoms with Gasteiger partial charge in [-0.25, -0.2) is 4.39 Å². The van der Waals surface area contributed by atoms with E-state index in [0.29, 0.717) is 5.92 Å². The van der Waals surface area contributed by atoms with Crippen LogP contribution in [-0.2, 0) is 0 Å². The molecule has 0 amide bonds. The van der Waals surface area contributed by atoms with Crippen molar-refractivity contribution in [3.05, 3.63) is 41.7 Å². The van der Waals surface area contributed by atoms with Crippen molar-refractivity contribution >= 4 is 0 Å². The lowest BCUT2D eigenvalue weighted by Crippen LogP contribution is -2.34.